The lowest BCUT2D eigenvalue weighted by atomic mass is 10.0. The summed E-state index contributed by atoms with van der Waals surface area (Å²) in [6.45, 7) is 2.20. The highest BCUT2D eigenvalue weighted by Crippen LogP contribution is 2.22. The highest BCUT2D eigenvalue weighted by atomic mass is 16.3. The van der Waals surface area contributed by atoms with Crippen molar-refractivity contribution < 1.29 is 10.2 Å². The van der Waals surface area contributed by atoms with Crippen LogP contribution in [0.25, 0.3) is 12.2 Å². The van der Waals surface area contributed by atoms with Crippen LogP contribution in [0.15, 0.2) is 42.5 Å². The molecule has 0 amide bonds. The smallest absolute Gasteiger partial charge is 0.118 e. The summed E-state index contributed by atoms with van der Waals surface area (Å²) in [6, 6.07) is 12.8. The van der Waals surface area contributed by atoms with Gasteiger partial charge in [0.05, 0.1) is 0 Å². The van der Waals surface area contributed by atoms with Crippen molar-refractivity contribution in [3.63, 3.8) is 0 Å². The van der Waals surface area contributed by atoms with Gasteiger partial charge in [-0.2, -0.15) is 0 Å². The van der Waals surface area contributed by atoms with E-state index in [0.29, 0.717) is 5.75 Å². The quantitative estimate of drug-likeness (QED) is 0.531. The van der Waals surface area contributed by atoms with Crippen molar-refractivity contribution in [1.29, 1.82) is 0 Å². The molecule has 0 aromatic heterocycles. The number of rotatable bonds is 7. The fourth-order valence-corrected chi connectivity index (χ4v) is 2.43. The summed E-state index contributed by atoms with van der Waals surface area (Å²) >= 11 is 0. The zero-order chi connectivity index (χ0) is 15.8. The molecule has 0 aliphatic carbocycles. The zero-order valence-corrected chi connectivity index (χ0v) is 13.1. The van der Waals surface area contributed by atoms with Crippen LogP contribution in [0.5, 0.6) is 11.5 Å². The third kappa shape index (κ3) is 4.96. The Bertz CT molecular complexity index is 612. The van der Waals surface area contributed by atoms with Gasteiger partial charge in [-0.25, -0.2) is 0 Å². The van der Waals surface area contributed by atoms with Crippen LogP contribution in [-0.2, 0) is 6.42 Å². The van der Waals surface area contributed by atoms with Crippen LogP contribution >= 0.6 is 0 Å². The van der Waals surface area contributed by atoms with Crippen molar-refractivity contribution in [2.45, 2.75) is 39.0 Å². The lowest BCUT2D eigenvalue weighted by Crippen LogP contribution is -1.88. The summed E-state index contributed by atoms with van der Waals surface area (Å²) in [7, 11) is 0. The number of benzene rings is 2. The van der Waals surface area contributed by atoms with Gasteiger partial charge < -0.3 is 10.2 Å². The highest BCUT2D eigenvalue weighted by Gasteiger charge is 2.02. The molecule has 0 atom stereocenters. The molecule has 2 N–H and O–H groups in total. The molecule has 0 radical (unpaired) electrons. The molecule has 2 aromatic carbocycles. The molecule has 2 rings (SSSR count). The topological polar surface area (TPSA) is 40.5 Å². The van der Waals surface area contributed by atoms with E-state index in [0.717, 1.165) is 29.5 Å². The predicted molar refractivity (Wildman–Crippen MR) is 93.0 cm³/mol. The van der Waals surface area contributed by atoms with E-state index < -0.39 is 0 Å². The van der Waals surface area contributed by atoms with Gasteiger partial charge in [0.25, 0.3) is 0 Å². The van der Waals surface area contributed by atoms with E-state index in [2.05, 4.69) is 13.0 Å². The Labute approximate surface area is 132 Å². The van der Waals surface area contributed by atoms with Gasteiger partial charge in [-0.05, 0) is 53.8 Å². The molecule has 22 heavy (non-hydrogen) atoms. The summed E-state index contributed by atoms with van der Waals surface area (Å²) in [5, 5.41) is 19.2. The van der Waals surface area contributed by atoms with E-state index in [4.69, 9.17) is 0 Å². The van der Waals surface area contributed by atoms with Crippen LogP contribution in [0.2, 0.25) is 0 Å². The number of hydrogen-bond acceptors (Lipinski definition) is 2. The summed E-state index contributed by atoms with van der Waals surface area (Å²) in [5.74, 6) is 0.662. The number of phenolic OH excluding ortho intramolecular Hbond substituents is 2. The summed E-state index contributed by atoms with van der Waals surface area (Å²) in [6.07, 6.45) is 9.76. The molecule has 0 spiro atoms. The first-order chi connectivity index (χ1) is 10.7. The second kappa shape index (κ2) is 8.28. The van der Waals surface area contributed by atoms with Gasteiger partial charge in [0.15, 0.2) is 0 Å². The molecule has 0 fully saturated rings. The minimum Gasteiger partial charge on any atom is -0.508 e. The maximum Gasteiger partial charge on any atom is 0.118 e. The molecule has 0 saturated carbocycles. The standard InChI is InChI=1S/C20H24O2/c1-2-3-4-5-6-18-15-17(11-14-20(18)22)8-7-16-9-12-19(21)13-10-16/h7-15,21-22H,2-6H2,1H3. The summed E-state index contributed by atoms with van der Waals surface area (Å²) in [5.41, 5.74) is 3.13. The highest BCUT2D eigenvalue weighted by molar-refractivity contribution is 5.70. The van der Waals surface area contributed by atoms with E-state index in [-0.39, 0.29) is 5.75 Å². The SMILES string of the molecule is CCCCCCc1cc(C=Cc2ccc(O)cc2)ccc1O. The molecule has 0 heterocycles. The fraction of sp³-hybridized carbons (Fsp3) is 0.300. The van der Waals surface area contributed by atoms with Crippen LogP contribution in [0, 0.1) is 0 Å². The molecule has 116 valence electrons. The summed E-state index contributed by atoms with van der Waals surface area (Å²) in [4.78, 5) is 0. The Morgan fingerprint density at radius 2 is 1.50 bits per heavy atom. The van der Waals surface area contributed by atoms with Crippen LogP contribution in [0.3, 0.4) is 0 Å². The lowest BCUT2D eigenvalue weighted by molar-refractivity contribution is 0.466. The molecule has 2 nitrogen and oxygen atoms in total. The van der Waals surface area contributed by atoms with Gasteiger partial charge in [0.1, 0.15) is 11.5 Å². The van der Waals surface area contributed by atoms with E-state index in [1.54, 1.807) is 18.2 Å². The third-order valence-corrected chi connectivity index (χ3v) is 3.76. The molecule has 0 saturated heterocycles. The van der Waals surface area contributed by atoms with Crippen molar-refractivity contribution in [3.8, 4) is 11.5 Å². The average Bonchev–Trinajstić information content (AvgIpc) is 2.53. The Morgan fingerprint density at radius 3 is 2.23 bits per heavy atom. The molecule has 2 aromatic rings. The van der Waals surface area contributed by atoms with Gasteiger partial charge in [0.2, 0.25) is 0 Å². The normalized spacial score (nSPS) is 11.1. The summed E-state index contributed by atoms with van der Waals surface area (Å²) < 4.78 is 0. The van der Waals surface area contributed by atoms with E-state index in [1.807, 2.05) is 30.4 Å². The molecule has 0 unspecified atom stereocenters. The van der Waals surface area contributed by atoms with Gasteiger partial charge in [0, 0.05) is 0 Å². The minimum atomic E-state index is 0.274. The molecule has 0 aliphatic rings. The zero-order valence-electron chi connectivity index (χ0n) is 13.1. The van der Waals surface area contributed by atoms with Crippen molar-refractivity contribution in [2.24, 2.45) is 0 Å². The largest absolute Gasteiger partial charge is 0.508 e. The van der Waals surface area contributed by atoms with E-state index in [1.165, 1.54) is 19.3 Å². The van der Waals surface area contributed by atoms with E-state index >= 15 is 0 Å². The lowest BCUT2D eigenvalue weighted by Gasteiger charge is -2.06. The van der Waals surface area contributed by atoms with Gasteiger partial charge >= 0.3 is 0 Å². The molecule has 0 bridgehead atoms. The maximum atomic E-state index is 9.96. The van der Waals surface area contributed by atoms with Crippen molar-refractivity contribution in [2.75, 3.05) is 0 Å². The van der Waals surface area contributed by atoms with Gasteiger partial charge in [-0.3, -0.25) is 0 Å². The third-order valence-electron chi connectivity index (χ3n) is 3.76. The second-order valence-corrected chi connectivity index (χ2v) is 5.62. The monoisotopic (exact) mass is 296 g/mol. The maximum absolute atomic E-state index is 9.96. The Morgan fingerprint density at radius 1 is 0.818 bits per heavy atom. The molecular formula is C20H24O2. The van der Waals surface area contributed by atoms with Crippen LogP contribution in [-0.4, -0.2) is 10.2 Å². The molecule has 2 heteroatoms. The Balaban J connectivity index is 2.03. The van der Waals surface area contributed by atoms with Gasteiger partial charge in [-0.1, -0.05) is 56.5 Å². The van der Waals surface area contributed by atoms with Gasteiger partial charge in [-0.15, -0.1) is 0 Å². The fourth-order valence-electron chi connectivity index (χ4n) is 2.43. The van der Waals surface area contributed by atoms with Crippen molar-refractivity contribution in [1.82, 2.24) is 0 Å². The first-order valence-corrected chi connectivity index (χ1v) is 7.98. The number of unbranched alkanes of at least 4 members (excludes halogenated alkanes) is 3. The van der Waals surface area contributed by atoms with E-state index in [9.17, 15) is 10.2 Å². The first kappa shape index (κ1) is 16.2. The van der Waals surface area contributed by atoms with Crippen LogP contribution in [0.4, 0.5) is 0 Å². The number of phenols is 2. The van der Waals surface area contributed by atoms with Crippen LogP contribution < -0.4 is 0 Å². The molecular weight excluding hydrogens is 272 g/mol. The average molecular weight is 296 g/mol. The minimum absolute atomic E-state index is 0.274. The number of aryl methyl sites for hydroxylation is 1. The number of aromatic hydroxyl groups is 2. The van der Waals surface area contributed by atoms with Crippen molar-refractivity contribution in [3.05, 3.63) is 59.2 Å². The first-order valence-electron chi connectivity index (χ1n) is 7.98. The Hall–Kier alpha value is -2.22. The van der Waals surface area contributed by atoms with Crippen molar-refractivity contribution >= 4 is 12.2 Å². The predicted octanol–water partition coefficient (Wildman–Crippen LogP) is 5.39. The Kier molecular flexibility index (Phi) is 6.08. The molecule has 0 aliphatic heterocycles. The second-order valence-electron chi connectivity index (χ2n) is 5.62. The van der Waals surface area contributed by atoms with Crippen LogP contribution in [0.1, 0.15) is 49.3 Å². The number of hydrogen-bond donors (Lipinski definition) is 2.